The summed E-state index contributed by atoms with van der Waals surface area (Å²) in [5, 5.41) is 10.4. The lowest BCUT2D eigenvalue weighted by Gasteiger charge is -2.28. The second kappa shape index (κ2) is 6.07. The van der Waals surface area contributed by atoms with E-state index in [4.69, 9.17) is 4.74 Å². The fraction of sp³-hybridized carbons (Fsp3) is 0.308. The van der Waals surface area contributed by atoms with Crippen LogP contribution in [0, 0.1) is 5.92 Å². The molecule has 0 saturated carbocycles. The Hall–Kier alpha value is -2.01. The minimum atomic E-state index is -2.28. The summed E-state index contributed by atoms with van der Waals surface area (Å²) in [5.41, 5.74) is -2.13. The molecule has 5 heteroatoms. The van der Waals surface area contributed by atoms with Gasteiger partial charge < -0.3 is 19.4 Å². The number of benzene rings is 1. The maximum absolute atomic E-state index is 11.8. The van der Waals surface area contributed by atoms with Crippen LogP contribution in [-0.2, 0) is 24.7 Å². The summed E-state index contributed by atoms with van der Waals surface area (Å²) in [6, 6.07) is 7.78. The molecule has 1 aromatic carbocycles. The molecule has 18 heavy (non-hydrogen) atoms. The molecule has 1 unspecified atom stereocenters. The fourth-order valence-corrected chi connectivity index (χ4v) is 1.61. The number of aldehydes is 2. The first-order chi connectivity index (χ1) is 8.61. The molecule has 0 saturated heterocycles. The van der Waals surface area contributed by atoms with Crippen molar-refractivity contribution < 1.29 is 24.2 Å². The molecule has 1 atom stereocenters. The second-order valence-electron chi connectivity index (χ2n) is 3.65. The van der Waals surface area contributed by atoms with Crippen LogP contribution in [0.15, 0.2) is 30.3 Å². The topological polar surface area (TPSA) is 80.7 Å². The number of hydrogen-bond acceptors (Lipinski definition) is 5. The molecule has 0 amide bonds. The van der Waals surface area contributed by atoms with Gasteiger partial charge in [-0.05, 0) is 12.5 Å². The van der Waals surface area contributed by atoms with Crippen LogP contribution in [-0.4, -0.2) is 30.3 Å². The van der Waals surface area contributed by atoms with Gasteiger partial charge in [0, 0.05) is 0 Å². The highest BCUT2D eigenvalue weighted by Crippen LogP contribution is 2.29. The molecule has 0 aromatic heterocycles. The first-order valence-electron chi connectivity index (χ1n) is 5.47. The van der Waals surface area contributed by atoms with Gasteiger partial charge >= 0.3 is 5.97 Å². The predicted octanol–water partition coefficient (Wildman–Crippen LogP) is 0.451. The Morgan fingerprint density at radius 3 is 2.33 bits per heavy atom. The minimum absolute atomic E-state index is 0.0401. The number of carbonyl (C=O) groups is 3. The van der Waals surface area contributed by atoms with E-state index in [1.165, 1.54) is 12.1 Å². The molecule has 0 fully saturated rings. The zero-order valence-electron chi connectivity index (χ0n) is 9.91. The third kappa shape index (κ3) is 2.46. The van der Waals surface area contributed by atoms with Crippen molar-refractivity contribution in [2.75, 3.05) is 6.61 Å². The minimum Gasteiger partial charge on any atom is -0.464 e. The maximum Gasteiger partial charge on any atom is 0.344 e. The van der Waals surface area contributed by atoms with Crippen LogP contribution in [0.1, 0.15) is 12.5 Å². The lowest BCUT2D eigenvalue weighted by molar-refractivity contribution is -0.174. The van der Waals surface area contributed by atoms with E-state index in [2.05, 4.69) is 0 Å². The van der Waals surface area contributed by atoms with Crippen LogP contribution < -0.4 is 0 Å². The Kier molecular flexibility index (Phi) is 4.74. The molecular weight excluding hydrogens is 236 g/mol. The molecular formula is C13H14O5. The molecule has 1 aromatic rings. The van der Waals surface area contributed by atoms with Crippen molar-refractivity contribution in [2.24, 2.45) is 5.92 Å². The summed E-state index contributed by atoms with van der Waals surface area (Å²) in [5.74, 6) is -2.51. The zero-order chi connectivity index (χ0) is 13.6. The molecule has 5 nitrogen and oxygen atoms in total. The van der Waals surface area contributed by atoms with Crippen molar-refractivity contribution in [2.45, 2.75) is 12.5 Å². The number of hydrogen-bond donors (Lipinski definition) is 1. The van der Waals surface area contributed by atoms with Gasteiger partial charge in [0.15, 0.2) is 0 Å². The van der Waals surface area contributed by atoms with Crippen LogP contribution in [0.25, 0.3) is 0 Å². The summed E-state index contributed by atoms with van der Waals surface area (Å²) in [7, 11) is 0. The summed E-state index contributed by atoms with van der Waals surface area (Å²) in [4.78, 5) is 33.6. The third-order valence-corrected chi connectivity index (χ3v) is 2.58. The molecule has 0 aliphatic heterocycles. The van der Waals surface area contributed by atoms with Crippen molar-refractivity contribution in [3.8, 4) is 0 Å². The monoisotopic (exact) mass is 250 g/mol. The van der Waals surface area contributed by atoms with E-state index in [1.807, 2.05) is 0 Å². The van der Waals surface area contributed by atoms with Crippen LogP contribution in [0.2, 0.25) is 0 Å². The largest absolute Gasteiger partial charge is 0.464 e. The van der Waals surface area contributed by atoms with Crippen LogP contribution in [0.3, 0.4) is 0 Å². The van der Waals surface area contributed by atoms with Gasteiger partial charge in [0.05, 0.1) is 6.61 Å². The van der Waals surface area contributed by atoms with Gasteiger partial charge in [-0.15, -0.1) is 0 Å². The highest BCUT2D eigenvalue weighted by molar-refractivity contribution is 5.92. The number of rotatable bonds is 6. The third-order valence-electron chi connectivity index (χ3n) is 2.58. The SMILES string of the molecule is CCOC(=O)C(O)(c1ccccc1)C(C=O)C=O. The van der Waals surface area contributed by atoms with Gasteiger partial charge in [0.25, 0.3) is 0 Å². The van der Waals surface area contributed by atoms with Gasteiger partial charge in [-0.3, -0.25) is 0 Å². The molecule has 0 aliphatic carbocycles. The number of carbonyl (C=O) groups excluding carboxylic acids is 3. The Balaban J connectivity index is 3.29. The van der Waals surface area contributed by atoms with Gasteiger partial charge in [0.2, 0.25) is 5.60 Å². The van der Waals surface area contributed by atoms with E-state index in [-0.39, 0.29) is 24.7 Å². The van der Waals surface area contributed by atoms with E-state index in [9.17, 15) is 19.5 Å². The van der Waals surface area contributed by atoms with Gasteiger partial charge in [-0.25, -0.2) is 4.79 Å². The van der Waals surface area contributed by atoms with E-state index >= 15 is 0 Å². The quantitative estimate of drug-likeness (QED) is 0.450. The predicted molar refractivity (Wildman–Crippen MR) is 62.6 cm³/mol. The first kappa shape index (κ1) is 14.1. The second-order valence-corrected chi connectivity index (χ2v) is 3.65. The maximum atomic E-state index is 11.8. The van der Waals surface area contributed by atoms with Crippen LogP contribution in [0.5, 0.6) is 0 Å². The van der Waals surface area contributed by atoms with E-state index in [1.54, 1.807) is 25.1 Å². The summed E-state index contributed by atoms with van der Waals surface area (Å²) >= 11 is 0. The average Bonchev–Trinajstić information content (AvgIpc) is 2.41. The fourth-order valence-electron chi connectivity index (χ4n) is 1.61. The van der Waals surface area contributed by atoms with Crippen molar-refractivity contribution in [3.63, 3.8) is 0 Å². The number of aliphatic hydroxyl groups is 1. The van der Waals surface area contributed by atoms with E-state index in [0.717, 1.165) is 0 Å². The molecule has 1 N–H and O–H groups in total. The van der Waals surface area contributed by atoms with Crippen molar-refractivity contribution in [1.82, 2.24) is 0 Å². The van der Waals surface area contributed by atoms with Crippen LogP contribution >= 0.6 is 0 Å². The highest BCUT2D eigenvalue weighted by atomic mass is 16.5. The van der Waals surface area contributed by atoms with E-state index < -0.39 is 17.5 Å². The summed E-state index contributed by atoms with van der Waals surface area (Å²) < 4.78 is 4.74. The number of ether oxygens (including phenoxy) is 1. The lowest BCUT2D eigenvalue weighted by Crippen LogP contribution is -2.45. The highest BCUT2D eigenvalue weighted by Gasteiger charge is 2.47. The van der Waals surface area contributed by atoms with Crippen molar-refractivity contribution in [1.29, 1.82) is 0 Å². The summed E-state index contributed by atoms with van der Waals surface area (Å²) in [6.07, 6.45) is 0.466. The molecule has 0 bridgehead atoms. The van der Waals surface area contributed by atoms with Crippen LogP contribution in [0.4, 0.5) is 0 Å². The Morgan fingerprint density at radius 2 is 1.89 bits per heavy atom. The summed E-state index contributed by atoms with van der Waals surface area (Å²) in [6.45, 7) is 1.61. The molecule has 96 valence electrons. The molecule has 0 aliphatic rings. The van der Waals surface area contributed by atoms with E-state index in [0.29, 0.717) is 0 Å². The Labute approximate surface area is 104 Å². The van der Waals surface area contributed by atoms with Gasteiger partial charge in [0.1, 0.15) is 18.5 Å². The molecule has 1 rings (SSSR count). The van der Waals surface area contributed by atoms with Crippen molar-refractivity contribution >= 4 is 18.5 Å². The number of esters is 1. The Morgan fingerprint density at radius 1 is 1.33 bits per heavy atom. The normalized spacial score (nSPS) is 13.7. The van der Waals surface area contributed by atoms with Gasteiger partial charge in [-0.2, -0.15) is 0 Å². The smallest absolute Gasteiger partial charge is 0.344 e. The lowest BCUT2D eigenvalue weighted by atomic mass is 9.83. The molecule has 0 spiro atoms. The average molecular weight is 250 g/mol. The zero-order valence-corrected chi connectivity index (χ0v) is 9.91. The molecule has 0 heterocycles. The Bertz CT molecular complexity index is 420. The first-order valence-corrected chi connectivity index (χ1v) is 5.47. The standard InChI is InChI=1S/C13H14O5/c1-2-18-12(16)13(17,11(8-14)9-15)10-6-4-3-5-7-10/h3-9,11,17H,2H2,1H3. The van der Waals surface area contributed by atoms with Crippen molar-refractivity contribution in [3.05, 3.63) is 35.9 Å². The molecule has 0 radical (unpaired) electrons. The van der Waals surface area contributed by atoms with Gasteiger partial charge in [-0.1, -0.05) is 30.3 Å².